The third kappa shape index (κ3) is 3.54. The minimum Gasteiger partial charge on any atom is -0.492 e. The van der Waals surface area contributed by atoms with E-state index in [0.717, 1.165) is 5.75 Å². The Hall–Kier alpha value is -2.33. The maximum absolute atomic E-state index is 12.1. The van der Waals surface area contributed by atoms with E-state index in [9.17, 15) is 9.59 Å². The average Bonchev–Trinajstić information content (AvgIpc) is 2.79. The summed E-state index contributed by atoms with van der Waals surface area (Å²) in [6, 6.07) is 12.8. The Labute approximate surface area is 152 Å². The lowest BCUT2D eigenvalue weighted by Gasteiger charge is -2.20. The summed E-state index contributed by atoms with van der Waals surface area (Å²) in [5.74, 6) is -0.321. The maximum Gasteiger partial charge on any atom is 0.299 e. The van der Waals surface area contributed by atoms with E-state index in [1.807, 2.05) is 24.3 Å². The molecule has 1 amide bonds. The zero-order valence-electron chi connectivity index (χ0n) is 14.5. The van der Waals surface area contributed by atoms with E-state index < -0.39 is 11.7 Å². The van der Waals surface area contributed by atoms with Crippen molar-refractivity contribution in [1.82, 2.24) is 0 Å². The van der Waals surface area contributed by atoms with Crippen LogP contribution < -0.4 is 9.64 Å². The summed E-state index contributed by atoms with van der Waals surface area (Å²) in [7, 11) is 0. The highest BCUT2D eigenvalue weighted by molar-refractivity contribution is 6.52. The second-order valence-corrected chi connectivity index (χ2v) is 7.51. The van der Waals surface area contributed by atoms with Crippen molar-refractivity contribution in [2.45, 2.75) is 26.2 Å². The molecule has 0 fully saturated rings. The summed E-state index contributed by atoms with van der Waals surface area (Å²) < 4.78 is 5.73. The lowest BCUT2D eigenvalue weighted by molar-refractivity contribution is -0.114. The molecule has 0 spiro atoms. The first-order valence-corrected chi connectivity index (χ1v) is 8.54. The largest absolute Gasteiger partial charge is 0.492 e. The van der Waals surface area contributed by atoms with Gasteiger partial charge in [-0.2, -0.15) is 0 Å². The fourth-order valence-corrected chi connectivity index (χ4v) is 2.97. The Morgan fingerprint density at radius 3 is 2.36 bits per heavy atom. The summed E-state index contributed by atoms with van der Waals surface area (Å²) in [6.45, 7) is 7.07. The van der Waals surface area contributed by atoms with Crippen LogP contribution in [0.3, 0.4) is 0 Å². The van der Waals surface area contributed by atoms with Crippen molar-refractivity contribution in [2.24, 2.45) is 0 Å². The molecule has 0 aromatic heterocycles. The third-order valence-corrected chi connectivity index (χ3v) is 4.47. The van der Waals surface area contributed by atoms with Crippen LogP contribution in [-0.2, 0) is 10.2 Å². The van der Waals surface area contributed by atoms with Gasteiger partial charge in [0.25, 0.3) is 11.7 Å². The third-order valence-electron chi connectivity index (χ3n) is 4.24. The van der Waals surface area contributed by atoms with E-state index in [1.165, 1.54) is 16.5 Å². The Kier molecular flexibility index (Phi) is 4.56. The normalized spacial score (nSPS) is 14.0. The lowest BCUT2D eigenvalue weighted by atomic mass is 9.87. The van der Waals surface area contributed by atoms with Crippen LogP contribution in [0.5, 0.6) is 5.75 Å². The number of fused-ring (bicyclic) bond motifs is 1. The van der Waals surface area contributed by atoms with E-state index in [0.29, 0.717) is 29.4 Å². The molecule has 0 radical (unpaired) electrons. The van der Waals surface area contributed by atoms with Crippen molar-refractivity contribution in [2.75, 3.05) is 18.1 Å². The quantitative estimate of drug-likeness (QED) is 0.768. The van der Waals surface area contributed by atoms with Crippen molar-refractivity contribution >= 4 is 29.0 Å². The molecular formula is C20H20ClNO3. The van der Waals surface area contributed by atoms with Crippen LogP contribution in [0.25, 0.3) is 0 Å². The molecule has 1 heterocycles. The summed E-state index contributed by atoms with van der Waals surface area (Å²) in [5.41, 5.74) is 2.26. The number of anilines is 1. The molecule has 0 bridgehead atoms. The number of hydrogen-bond acceptors (Lipinski definition) is 3. The number of ketones is 1. The topological polar surface area (TPSA) is 46.6 Å². The van der Waals surface area contributed by atoms with Gasteiger partial charge in [-0.25, -0.2) is 0 Å². The molecule has 0 atom stereocenters. The molecule has 25 heavy (non-hydrogen) atoms. The Morgan fingerprint density at radius 2 is 1.72 bits per heavy atom. The molecule has 130 valence electrons. The summed E-state index contributed by atoms with van der Waals surface area (Å²) in [4.78, 5) is 25.6. The van der Waals surface area contributed by atoms with Gasteiger partial charge in [0.15, 0.2) is 0 Å². The van der Waals surface area contributed by atoms with Gasteiger partial charge in [0.05, 0.1) is 17.8 Å². The molecule has 2 aromatic carbocycles. The Bertz CT molecular complexity index is 822. The molecule has 0 saturated carbocycles. The molecule has 0 N–H and O–H groups in total. The molecule has 0 saturated heterocycles. The predicted octanol–water partition coefficient (Wildman–Crippen LogP) is 4.25. The Morgan fingerprint density at radius 1 is 1.04 bits per heavy atom. The van der Waals surface area contributed by atoms with Crippen LogP contribution in [0.4, 0.5) is 5.69 Å². The highest BCUT2D eigenvalue weighted by Crippen LogP contribution is 2.31. The first-order valence-electron chi connectivity index (χ1n) is 8.16. The second kappa shape index (κ2) is 6.52. The Balaban J connectivity index is 1.65. The molecule has 3 rings (SSSR count). The van der Waals surface area contributed by atoms with Crippen molar-refractivity contribution < 1.29 is 14.3 Å². The van der Waals surface area contributed by atoms with Gasteiger partial charge in [0.2, 0.25) is 0 Å². The van der Waals surface area contributed by atoms with Crippen molar-refractivity contribution in [3.8, 4) is 5.75 Å². The van der Waals surface area contributed by atoms with E-state index in [-0.39, 0.29) is 5.41 Å². The average molecular weight is 358 g/mol. The summed E-state index contributed by atoms with van der Waals surface area (Å²) in [6.07, 6.45) is 0. The van der Waals surface area contributed by atoms with E-state index in [2.05, 4.69) is 20.8 Å². The maximum atomic E-state index is 12.1. The van der Waals surface area contributed by atoms with Crippen molar-refractivity contribution in [3.05, 3.63) is 58.6 Å². The molecule has 0 aliphatic carbocycles. The van der Waals surface area contributed by atoms with Crippen LogP contribution in [0.1, 0.15) is 36.7 Å². The number of ether oxygens (including phenoxy) is 1. The standard InChI is InChI=1S/C20H20ClNO3/c1-20(2,3)13-4-7-15(8-5-13)25-11-10-22-17-9-6-14(21)12-16(17)18(23)19(22)24/h4-9,12H,10-11H2,1-3H3. The van der Waals surface area contributed by atoms with E-state index in [1.54, 1.807) is 12.1 Å². The zero-order chi connectivity index (χ0) is 18.2. The van der Waals surface area contributed by atoms with Gasteiger partial charge in [0, 0.05) is 5.02 Å². The van der Waals surface area contributed by atoms with Gasteiger partial charge in [-0.05, 0) is 41.3 Å². The van der Waals surface area contributed by atoms with E-state index >= 15 is 0 Å². The monoisotopic (exact) mass is 357 g/mol. The van der Waals surface area contributed by atoms with Gasteiger partial charge in [-0.15, -0.1) is 0 Å². The number of carbonyl (C=O) groups excluding carboxylic acids is 2. The highest BCUT2D eigenvalue weighted by Gasteiger charge is 2.35. The fraction of sp³-hybridized carbons (Fsp3) is 0.300. The highest BCUT2D eigenvalue weighted by atomic mass is 35.5. The van der Waals surface area contributed by atoms with E-state index in [4.69, 9.17) is 16.3 Å². The first-order chi connectivity index (χ1) is 11.8. The smallest absolute Gasteiger partial charge is 0.299 e. The van der Waals surface area contributed by atoms with Crippen LogP contribution in [0.15, 0.2) is 42.5 Å². The van der Waals surface area contributed by atoms with Gasteiger partial charge >= 0.3 is 0 Å². The van der Waals surface area contributed by atoms with Crippen LogP contribution in [0, 0.1) is 0 Å². The minimum atomic E-state index is -0.538. The number of nitrogens with zero attached hydrogens (tertiary/aromatic N) is 1. The van der Waals surface area contributed by atoms with Gasteiger partial charge < -0.3 is 9.64 Å². The zero-order valence-corrected chi connectivity index (χ0v) is 15.3. The number of carbonyl (C=O) groups is 2. The number of Topliss-reactive ketones (excluding diaryl/α,β-unsaturated/α-hetero) is 1. The fourth-order valence-electron chi connectivity index (χ4n) is 2.80. The second-order valence-electron chi connectivity index (χ2n) is 7.07. The molecule has 1 aliphatic rings. The molecule has 0 unspecified atom stereocenters. The first kappa shape index (κ1) is 17.5. The van der Waals surface area contributed by atoms with Gasteiger partial charge in [-0.3, -0.25) is 9.59 Å². The molecule has 2 aromatic rings. The van der Waals surface area contributed by atoms with Gasteiger partial charge in [0.1, 0.15) is 12.4 Å². The van der Waals surface area contributed by atoms with Gasteiger partial charge in [-0.1, -0.05) is 44.5 Å². The predicted molar refractivity (Wildman–Crippen MR) is 98.8 cm³/mol. The lowest BCUT2D eigenvalue weighted by Crippen LogP contribution is -2.33. The molecular weight excluding hydrogens is 338 g/mol. The number of benzene rings is 2. The minimum absolute atomic E-state index is 0.0891. The number of halogens is 1. The summed E-state index contributed by atoms with van der Waals surface area (Å²) >= 11 is 5.91. The van der Waals surface area contributed by atoms with Crippen molar-refractivity contribution in [1.29, 1.82) is 0 Å². The van der Waals surface area contributed by atoms with Crippen LogP contribution >= 0.6 is 11.6 Å². The summed E-state index contributed by atoms with van der Waals surface area (Å²) in [5, 5.41) is 0.442. The molecule has 5 heteroatoms. The van der Waals surface area contributed by atoms with Crippen LogP contribution in [0.2, 0.25) is 5.02 Å². The number of hydrogen-bond donors (Lipinski definition) is 0. The number of amides is 1. The number of rotatable bonds is 4. The molecule has 4 nitrogen and oxygen atoms in total. The SMILES string of the molecule is CC(C)(C)c1ccc(OCCN2C(=O)C(=O)c3cc(Cl)ccc32)cc1. The van der Waals surface area contributed by atoms with Crippen molar-refractivity contribution in [3.63, 3.8) is 0 Å². The molecule has 1 aliphatic heterocycles. The van der Waals surface area contributed by atoms with Crippen LogP contribution in [-0.4, -0.2) is 24.8 Å².